The van der Waals surface area contributed by atoms with Crippen molar-refractivity contribution in [2.24, 2.45) is 0 Å². The van der Waals surface area contributed by atoms with Crippen molar-refractivity contribution in [3.8, 4) is 11.5 Å². The van der Waals surface area contributed by atoms with Gasteiger partial charge in [-0.25, -0.2) is 9.97 Å². The number of hydrogen-bond acceptors (Lipinski definition) is 6. The van der Waals surface area contributed by atoms with E-state index in [4.69, 9.17) is 9.47 Å². The van der Waals surface area contributed by atoms with E-state index in [1.54, 1.807) is 18.2 Å². The molecule has 10 heteroatoms. The normalized spacial score (nSPS) is 16.7. The molecule has 1 aliphatic rings. The smallest absolute Gasteiger partial charge is 0.451 e. The highest BCUT2D eigenvalue weighted by molar-refractivity contribution is 5.77. The lowest BCUT2D eigenvalue weighted by Crippen LogP contribution is -2.39. The summed E-state index contributed by atoms with van der Waals surface area (Å²) in [5, 5.41) is 2.94. The van der Waals surface area contributed by atoms with Gasteiger partial charge in [-0.1, -0.05) is 6.07 Å². The number of ether oxygens (including phenoxy) is 2. The zero-order valence-corrected chi connectivity index (χ0v) is 15.8. The number of hydrogen-bond donors (Lipinski definition) is 1. The largest absolute Gasteiger partial charge is 0.454 e. The topological polar surface area (TPSA) is 76.6 Å². The molecule has 0 spiro atoms. The fourth-order valence-corrected chi connectivity index (χ4v) is 2.97. The number of carbonyl (C=O) groups is 1. The lowest BCUT2D eigenvalue weighted by Gasteiger charge is -2.20. The Balaban J connectivity index is 1.59. The Kier molecular flexibility index (Phi) is 6.53. The average Bonchev–Trinajstić information content (AvgIpc) is 3.15. The Morgan fingerprint density at radius 2 is 2.03 bits per heavy atom. The Hall–Kier alpha value is -2.88. The van der Waals surface area contributed by atoms with Crippen LogP contribution in [-0.4, -0.2) is 48.2 Å². The first kappa shape index (κ1) is 20.8. The summed E-state index contributed by atoms with van der Waals surface area (Å²) >= 11 is 0. The predicted octanol–water partition coefficient (Wildman–Crippen LogP) is 3.02. The van der Waals surface area contributed by atoms with E-state index in [-0.39, 0.29) is 24.3 Å². The van der Waals surface area contributed by atoms with E-state index in [9.17, 15) is 18.0 Å². The number of aromatic nitrogens is 2. The van der Waals surface area contributed by atoms with E-state index >= 15 is 0 Å². The van der Waals surface area contributed by atoms with Crippen molar-refractivity contribution < 1.29 is 27.4 Å². The summed E-state index contributed by atoms with van der Waals surface area (Å²) in [5.41, 5.74) is 0.886. The summed E-state index contributed by atoms with van der Waals surface area (Å²) in [4.78, 5) is 20.5. The van der Waals surface area contributed by atoms with Crippen molar-refractivity contribution in [3.05, 3.63) is 42.5 Å². The van der Waals surface area contributed by atoms with Gasteiger partial charge in [-0.05, 0) is 25.5 Å². The van der Waals surface area contributed by atoms with Crippen molar-refractivity contribution in [1.82, 2.24) is 15.3 Å². The molecular weight excluding hydrogens is 389 g/mol. The van der Waals surface area contributed by atoms with Crippen LogP contribution in [-0.2, 0) is 15.7 Å². The number of nitrogens with zero attached hydrogens (tertiary/aromatic N) is 3. The molecular formula is C19H21F3N4O3. The van der Waals surface area contributed by atoms with Crippen LogP contribution in [0.5, 0.6) is 11.5 Å². The summed E-state index contributed by atoms with van der Waals surface area (Å²) in [6.45, 7) is 3.76. The number of halogens is 3. The third kappa shape index (κ3) is 5.80. The molecule has 2 heterocycles. The van der Waals surface area contributed by atoms with Crippen LogP contribution in [0.15, 0.2) is 36.7 Å². The third-order valence-corrected chi connectivity index (χ3v) is 4.29. The lowest BCUT2D eigenvalue weighted by molar-refractivity contribution is -0.145. The zero-order chi connectivity index (χ0) is 20.9. The van der Waals surface area contributed by atoms with Crippen LogP contribution in [0, 0.1) is 0 Å². The van der Waals surface area contributed by atoms with Gasteiger partial charge in [0.05, 0.1) is 12.4 Å². The minimum absolute atomic E-state index is 0.0239. The minimum atomic E-state index is -4.59. The van der Waals surface area contributed by atoms with E-state index in [1.165, 1.54) is 0 Å². The van der Waals surface area contributed by atoms with Gasteiger partial charge in [0.2, 0.25) is 11.7 Å². The molecule has 1 aromatic carbocycles. The van der Waals surface area contributed by atoms with Gasteiger partial charge in [0.25, 0.3) is 0 Å². The molecule has 1 atom stereocenters. The van der Waals surface area contributed by atoms with Gasteiger partial charge in [0.1, 0.15) is 12.4 Å². The maximum absolute atomic E-state index is 12.5. The van der Waals surface area contributed by atoms with Gasteiger partial charge in [-0.2, -0.15) is 13.2 Å². The number of anilines is 1. The van der Waals surface area contributed by atoms with Gasteiger partial charge in [0, 0.05) is 37.5 Å². The number of alkyl halides is 3. The second kappa shape index (κ2) is 9.08. The number of nitrogens with one attached hydrogen (secondary N) is 1. The molecule has 0 saturated carbocycles. The number of amides is 1. The maximum Gasteiger partial charge on any atom is 0.451 e. The van der Waals surface area contributed by atoms with E-state index in [2.05, 4.69) is 20.2 Å². The molecule has 156 valence electrons. The molecule has 0 bridgehead atoms. The lowest BCUT2D eigenvalue weighted by atomic mass is 10.2. The number of benzene rings is 1. The fraction of sp³-hybridized carbons (Fsp3) is 0.421. The molecule has 3 rings (SSSR count). The van der Waals surface area contributed by atoms with Crippen LogP contribution in [0.1, 0.15) is 19.2 Å². The minimum Gasteiger partial charge on any atom is -0.454 e. The molecule has 2 aromatic rings. The SMILES string of the molecule is CCOCC(=O)N[C@H]1CCN(c2cccc(Oc3cnc(C(F)(F)F)nc3)c2)C1. The molecule has 1 saturated heterocycles. The van der Waals surface area contributed by atoms with Crippen molar-refractivity contribution >= 4 is 11.6 Å². The Morgan fingerprint density at radius 3 is 2.72 bits per heavy atom. The predicted molar refractivity (Wildman–Crippen MR) is 98.8 cm³/mol. The maximum atomic E-state index is 12.5. The van der Waals surface area contributed by atoms with E-state index in [1.807, 2.05) is 13.0 Å². The highest BCUT2D eigenvalue weighted by atomic mass is 19.4. The summed E-state index contributed by atoms with van der Waals surface area (Å²) < 4.78 is 48.3. The van der Waals surface area contributed by atoms with Crippen LogP contribution in [0.2, 0.25) is 0 Å². The molecule has 1 N–H and O–H groups in total. The quantitative estimate of drug-likeness (QED) is 0.756. The summed E-state index contributed by atoms with van der Waals surface area (Å²) in [5.74, 6) is -0.793. The third-order valence-electron chi connectivity index (χ3n) is 4.29. The van der Waals surface area contributed by atoms with Gasteiger partial charge in [-0.3, -0.25) is 4.79 Å². The fourth-order valence-electron chi connectivity index (χ4n) is 2.97. The van der Waals surface area contributed by atoms with E-state index in [0.717, 1.165) is 31.0 Å². The Bertz CT molecular complexity index is 830. The second-order valence-electron chi connectivity index (χ2n) is 6.48. The van der Waals surface area contributed by atoms with Crippen LogP contribution in [0.3, 0.4) is 0 Å². The Morgan fingerprint density at radius 1 is 1.28 bits per heavy atom. The number of rotatable bonds is 7. The zero-order valence-electron chi connectivity index (χ0n) is 15.8. The number of carbonyl (C=O) groups excluding carboxylic acids is 1. The highest BCUT2D eigenvalue weighted by Crippen LogP contribution is 2.29. The van der Waals surface area contributed by atoms with Crippen molar-refractivity contribution in [2.45, 2.75) is 25.6 Å². The molecule has 0 aliphatic carbocycles. The van der Waals surface area contributed by atoms with Gasteiger partial charge < -0.3 is 19.7 Å². The molecule has 1 aliphatic heterocycles. The van der Waals surface area contributed by atoms with Gasteiger partial charge in [-0.15, -0.1) is 0 Å². The van der Waals surface area contributed by atoms with Crippen molar-refractivity contribution in [1.29, 1.82) is 0 Å². The van der Waals surface area contributed by atoms with Crippen molar-refractivity contribution in [3.63, 3.8) is 0 Å². The molecule has 0 unspecified atom stereocenters. The summed E-state index contributed by atoms with van der Waals surface area (Å²) in [6, 6.07) is 7.19. The van der Waals surface area contributed by atoms with Crippen LogP contribution >= 0.6 is 0 Å². The van der Waals surface area contributed by atoms with E-state index < -0.39 is 12.0 Å². The first-order chi connectivity index (χ1) is 13.8. The highest BCUT2D eigenvalue weighted by Gasteiger charge is 2.34. The molecule has 1 fully saturated rings. The molecule has 7 nitrogen and oxygen atoms in total. The van der Waals surface area contributed by atoms with Gasteiger partial charge >= 0.3 is 6.18 Å². The van der Waals surface area contributed by atoms with Crippen molar-refractivity contribution in [2.75, 3.05) is 31.2 Å². The first-order valence-corrected chi connectivity index (χ1v) is 9.14. The molecule has 1 aromatic heterocycles. The average molecular weight is 410 g/mol. The van der Waals surface area contributed by atoms with Crippen LogP contribution in [0.25, 0.3) is 0 Å². The molecule has 1 amide bonds. The first-order valence-electron chi connectivity index (χ1n) is 9.14. The molecule has 0 radical (unpaired) electrons. The summed E-state index contributed by atoms with van der Waals surface area (Å²) in [7, 11) is 0. The monoisotopic (exact) mass is 410 g/mol. The standard InChI is InChI=1S/C19H21F3N4O3/c1-2-28-12-17(27)25-13-6-7-26(11-13)14-4-3-5-15(8-14)29-16-9-23-18(24-10-16)19(20,21)22/h3-5,8-10,13H,2,6-7,11-12H2,1H3,(H,25,27)/t13-/m0/s1. The Labute approximate surface area is 165 Å². The molecule has 29 heavy (non-hydrogen) atoms. The van der Waals surface area contributed by atoms with Gasteiger partial charge in [0.15, 0.2) is 5.75 Å². The summed E-state index contributed by atoms with van der Waals surface area (Å²) in [6.07, 6.45) is -1.82. The van der Waals surface area contributed by atoms with Crippen LogP contribution < -0.4 is 15.0 Å². The second-order valence-corrected chi connectivity index (χ2v) is 6.48. The van der Waals surface area contributed by atoms with E-state index in [0.29, 0.717) is 18.9 Å². The van der Waals surface area contributed by atoms with Crippen LogP contribution in [0.4, 0.5) is 18.9 Å².